The van der Waals surface area contributed by atoms with Crippen LogP contribution in [0.3, 0.4) is 0 Å². The predicted octanol–water partition coefficient (Wildman–Crippen LogP) is 11.5. The van der Waals surface area contributed by atoms with Crippen LogP contribution in [-0.4, -0.2) is 66.6 Å². The first-order valence-electron chi connectivity index (χ1n) is 21.1. The third-order valence-electron chi connectivity index (χ3n) is 10.3. The number of fused-ring (bicyclic) bond motifs is 3. The van der Waals surface area contributed by atoms with Gasteiger partial charge in [0, 0.05) is 30.5 Å². The monoisotopic (exact) mass is 767 g/mol. The first-order chi connectivity index (χ1) is 26.4. The molecule has 2 aromatic carbocycles. The Morgan fingerprint density at radius 1 is 0.685 bits per heavy atom. The van der Waals surface area contributed by atoms with Crippen molar-refractivity contribution in [3.63, 3.8) is 0 Å². The van der Waals surface area contributed by atoms with Gasteiger partial charge in [-0.15, -0.1) is 0 Å². The van der Waals surface area contributed by atoms with Crippen LogP contribution < -0.4 is 5.32 Å². The second-order valence-corrected chi connectivity index (χ2v) is 15.9. The summed E-state index contributed by atoms with van der Waals surface area (Å²) in [7, 11) is 0. The molecule has 2 atom stereocenters. The van der Waals surface area contributed by atoms with Gasteiger partial charge in [0.15, 0.2) is 0 Å². The van der Waals surface area contributed by atoms with Crippen molar-refractivity contribution in [1.82, 2.24) is 5.32 Å². The number of rotatable bonds is 32. The summed E-state index contributed by atoms with van der Waals surface area (Å²) in [6.45, 7) is 5.45. The first kappa shape index (κ1) is 45.4. The van der Waals surface area contributed by atoms with Gasteiger partial charge in [-0.25, -0.2) is 9.59 Å². The minimum absolute atomic E-state index is 0.101. The molecule has 0 fully saturated rings. The van der Waals surface area contributed by atoms with Gasteiger partial charge >= 0.3 is 18.0 Å². The number of carbonyl (C=O) groups excluding carboxylic acids is 2. The molecule has 0 bridgehead atoms. The van der Waals surface area contributed by atoms with E-state index in [0.717, 1.165) is 54.4 Å². The van der Waals surface area contributed by atoms with Crippen molar-refractivity contribution in [2.45, 2.75) is 160 Å². The Kier molecular flexibility index (Phi) is 23.8. The van der Waals surface area contributed by atoms with Gasteiger partial charge in [0.1, 0.15) is 18.8 Å². The Morgan fingerprint density at radius 2 is 1.19 bits per heavy atom. The third-order valence-corrected chi connectivity index (χ3v) is 11.4. The Bertz CT molecular complexity index is 1290. The second kappa shape index (κ2) is 28.4. The van der Waals surface area contributed by atoms with E-state index < -0.39 is 24.2 Å². The normalized spacial score (nSPS) is 13.2. The van der Waals surface area contributed by atoms with Crippen molar-refractivity contribution < 1.29 is 33.7 Å². The zero-order valence-corrected chi connectivity index (χ0v) is 34.1. The van der Waals surface area contributed by atoms with Gasteiger partial charge in [-0.05, 0) is 35.1 Å². The maximum atomic E-state index is 12.9. The summed E-state index contributed by atoms with van der Waals surface area (Å²) >= 11 is 1.33. The summed E-state index contributed by atoms with van der Waals surface area (Å²) in [6, 6.07) is 15.0. The van der Waals surface area contributed by atoms with Gasteiger partial charge in [0.05, 0.1) is 6.61 Å². The molecule has 0 spiro atoms. The summed E-state index contributed by atoms with van der Waals surface area (Å²) in [5.74, 6) is -1.03. The number of carboxylic acids is 1. The number of benzene rings is 2. The second-order valence-electron chi connectivity index (χ2n) is 14.8. The highest BCUT2D eigenvalue weighted by Gasteiger charge is 2.30. The van der Waals surface area contributed by atoms with Crippen molar-refractivity contribution in [2.75, 3.05) is 31.3 Å². The molecule has 3 rings (SSSR count). The highest BCUT2D eigenvalue weighted by atomic mass is 32.2. The number of ether oxygens (including phenoxy) is 3. The molecule has 2 aromatic rings. The van der Waals surface area contributed by atoms with Gasteiger partial charge in [0.2, 0.25) is 0 Å². The molecule has 0 heterocycles. The minimum atomic E-state index is -1.16. The molecular formula is C45H69NO7S. The number of aliphatic carboxylic acids is 1. The number of nitrogens with one attached hydrogen (secondary N) is 1. The Labute approximate surface area is 330 Å². The molecule has 54 heavy (non-hydrogen) atoms. The lowest BCUT2D eigenvalue weighted by Crippen LogP contribution is -2.43. The van der Waals surface area contributed by atoms with E-state index in [1.54, 1.807) is 0 Å². The number of esters is 1. The summed E-state index contributed by atoms with van der Waals surface area (Å²) in [5.41, 5.74) is 4.42. The molecule has 9 heteroatoms. The van der Waals surface area contributed by atoms with E-state index in [1.165, 1.54) is 102 Å². The molecule has 8 nitrogen and oxygen atoms in total. The van der Waals surface area contributed by atoms with E-state index in [9.17, 15) is 19.5 Å². The van der Waals surface area contributed by atoms with Crippen molar-refractivity contribution in [3.05, 3.63) is 59.7 Å². The number of carboxylic acid groups (broad SMARTS) is 1. The standard InChI is InChI=1S/C45H69NO7S/c1-3-5-7-9-11-13-15-17-19-25-31-51-32-36(53-43(47)30-20-18-16-14-12-10-8-6-4-2)34-54-35-42(44(48)49)46-45(50)52-33-41-39-28-23-21-26-37(39)38-27-22-24-29-40(38)41/h21-24,26-29,36,41-42H,3-20,25,30-35H2,1-2H3,(H,46,50)(H,48,49)/t36-,42+/m1/s1. The van der Waals surface area contributed by atoms with Crippen LogP contribution in [0.5, 0.6) is 0 Å². The molecule has 0 aliphatic heterocycles. The number of carbonyl (C=O) groups is 3. The van der Waals surface area contributed by atoms with Gasteiger partial charge in [0.25, 0.3) is 0 Å². The summed E-state index contributed by atoms with van der Waals surface area (Å²) in [6.07, 6.45) is 22.2. The van der Waals surface area contributed by atoms with Gasteiger partial charge in [-0.3, -0.25) is 4.79 Å². The van der Waals surface area contributed by atoms with Crippen molar-refractivity contribution in [2.24, 2.45) is 0 Å². The van der Waals surface area contributed by atoms with E-state index in [4.69, 9.17) is 14.2 Å². The molecule has 0 unspecified atom stereocenters. The van der Waals surface area contributed by atoms with Gasteiger partial charge < -0.3 is 24.6 Å². The van der Waals surface area contributed by atoms with Crippen molar-refractivity contribution in [1.29, 1.82) is 0 Å². The maximum Gasteiger partial charge on any atom is 0.407 e. The number of hydrogen-bond donors (Lipinski definition) is 2. The molecule has 2 N–H and O–H groups in total. The molecule has 0 radical (unpaired) electrons. The topological polar surface area (TPSA) is 111 Å². The average Bonchev–Trinajstić information content (AvgIpc) is 3.49. The fraction of sp³-hybridized carbons (Fsp3) is 0.667. The molecule has 1 aliphatic carbocycles. The Morgan fingerprint density at radius 3 is 1.72 bits per heavy atom. The first-order valence-corrected chi connectivity index (χ1v) is 22.3. The van der Waals surface area contributed by atoms with E-state index >= 15 is 0 Å². The SMILES string of the molecule is CCCCCCCCCCCCOC[C@H](CSC[C@H](NC(=O)OCC1c2ccccc2-c2ccccc21)C(=O)O)OC(=O)CCCCCCCCCCC. The van der Waals surface area contributed by atoms with Crippen LogP contribution in [0.4, 0.5) is 4.79 Å². The highest BCUT2D eigenvalue weighted by molar-refractivity contribution is 7.99. The van der Waals surface area contributed by atoms with Crippen LogP contribution in [0.1, 0.15) is 159 Å². The molecule has 1 amide bonds. The average molecular weight is 768 g/mol. The molecule has 0 saturated heterocycles. The van der Waals surface area contributed by atoms with Crippen LogP contribution >= 0.6 is 11.8 Å². The Balaban J connectivity index is 1.41. The lowest BCUT2D eigenvalue weighted by Gasteiger charge is -2.20. The maximum absolute atomic E-state index is 12.9. The smallest absolute Gasteiger partial charge is 0.407 e. The van der Waals surface area contributed by atoms with Gasteiger partial charge in [-0.2, -0.15) is 11.8 Å². The number of amides is 1. The minimum Gasteiger partial charge on any atom is -0.480 e. The largest absolute Gasteiger partial charge is 0.480 e. The number of alkyl carbamates (subject to hydrolysis) is 1. The predicted molar refractivity (Wildman–Crippen MR) is 221 cm³/mol. The molecule has 302 valence electrons. The van der Waals surface area contributed by atoms with E-state index in [2.05, 4.69) is 31.3 Å². The zero-order valence-electron chi connectivity index (χ0n) is 33.3. The zero-order chi connectivity index (χ0) is 38.6. The van der Waals surface area contributed by atoms with E-state index in [0.29, 0.717) is 18.8 Å². The molecule has 0 saturated carbocycles. The fourth-order valence-electron chi connectivity index (χ4n) is 7.12. The van der Waals surface area contributed by atoms with Crippen molar-refractivity contribution in [3.8, 4) is 11.1 Å². The highest BCUT2D eigenvalue weighted by Crippen LogP contribution is 2.44. The number of unbranched alkanes of at least 4 members (excludes halogenated alkanes) is 17. The summed E-state index contributed by atoms with van der Waals surface area (Å²) in [5, 5.41) is 12.5. The molecule has 0 aromatic heterocycles. The summed E-state index contributed by atoms with van der Waals surface area (Å²) in [4.78, 5) is 37.8. The van der Waals surface area contributed by atoms with E-state index in [-0.39, 0.29) is 30.9 Å². The number of hydrogen-bond acceptors (Lipinski definition) is 7. The molecular weight excluding hydrogens is 699 g/mol. The Hall–Kier alpha value is -3.04. The van der Waals surface area contributed by atoms with Crippen LogP contribution in [0.25, 0.3) is 11.1 Å². The summed E-state index contributed by atoms with van der Waals surface area (Å²) < 4.78 is 17.4. The number of thioether (sulfide) groups is 1. The lowest BCUT2D eigenvalue weighted by molar-refractivity contribution is -0.151. The third kappa shape index (κ3) is 18.1. The van der Waals surface area contributed by atoms with Crippen LogP contribution in [0.2, 0.25) is 0 Å². The van der Waals surface area contributed by atoms with Crippen LogP contribution in [0, 0.1) is 0 Å². The lowest BCUT2D eigenvalue weighted by atomic mass is 9.98. The van der Waals surface area contributed by atoms with Gasteiger partial charge in [-0.1, -0.05) is 172 Å². The molecule has 1 aliphatic rings. The van der Waals surface area contributed by atoms with Crippen LogP contribution in [-0.2, 0) is 23.8 Å². The quantitative estimate of drug-likeness (QED) is 0.0559. The van der Waals surface area contributed by atoms with Crippen LogP contribution in [0.15, 0.2) is 48.5 Å². The van der Waals surface area contributed by atoms with Crippen molar-refractivity contribution >= 4 is 29.8 Å². The van der Waals surface area contributed by atoms with E-state index in [1.807, 2.05) is 36.4 Å². The fourth-order valence-corrected chi connectivity index (χ4v) is 8.15.